The van der Waals surface area contributed by atoms with Crippen molar-refractivity contribution in [3.63, 3.8) is 0 Å². The minimum atomic E-state index is -2.10. The van der Waals surface area contributed by atoms with Crippen LogP contribution in [0.25, 0.3) is 10.4 Å². The topological polar surface area (TPSA) is 127 Å². The number of ether oxygens (including phenoxy) is 2. The molecule has 234 valence electrons. The first-order chi connectivity index (χ1) is 19.6. The molecule has 0 fully saturated rings. The summed E-state index contributed by atoms with van der Waals surface area (Å²) in [6.07, 6.45) is 3.81. The van der Waals surface area contributed by atoms with Crippen LogP contribution in [0.2, 0.25) is 18.1 Å². The number of methoxy groups -OCH3 is 1. The van der Waals surface area contributed by atoms with Gasteiger partial charge in [-0.1, -0.05) is 79.8 Å². The molecule has 0 spiro atoms. The third-order valence-electron chi connectivity index (χ3n) is 8.16. The average molecular weight is 612 g/mol. The number of amides is 1. The molecular formula is C29H53N5O5SSi. The molecule has 0 aliphatic heterocycles. The molecule has 1 rings (SSSR count). The Balaban J connectivity index is 3.57. The van der Waals surface area contributed by atoms with E-state index in [0.29, 0.717) is 24.5 Å². The van der Waals surface area contributed by atoms with Gasteiger partial charge < -0.3 is 18.8 Å². The van der Waals surface area contributed by atoms with Crippen molar-refractivity contribution in [2.75, 3.05) is 20.4 Å². The fourth-order valence-corrected chi connectivity index (χ4v) is 8.63. The van der Waals surface area contributed by atoms with E-state index in [-0.39, 0.29) is 36.2 Å². The summed E-state index contributed by atoms with van der Waals surface area (Å²) in [4.78, 5) is 35.7. The third-order valence-corrected chi connectivity index (χ3v) is 13.7. The summed E-state index contributed by atoms with van der Waals surface area (Å²) in [6.45, 7) is 17.4. The summed E-state index contributed by atoms with van der Waals surface area (Å²) < 4.78 is 18.0. The summed E-state index contributed by atoms with van der Waals surface area (Å²) in [5, 5.41) is 6.34. The molecule has 12 heteroatoms. The molecule has 0 aliphatic carbocycles. The van der Waals surface area contributed by atoms with Crippen LogP contribution in [0, 0.1) is 11.8 Å². The summed E-state index contributed by atoms with van der Waals surface area (Å²) >= 11 is 1.38. The predicted octanol–water partition coefficient (Wildman–Crippen LogP) is 8.13. The number of carbonyl (C=O) groups is 2. The lowest BCUT2D eigenvalue weighted by Gasteiger charge is -2.40. The Bertz CT molecular complexity index is 959. The second kappa shape index (κ2) is 19.3. The van der Waals surface area contributed by atoms with Gasteiger partial charge in [0.25, 0.3) is 0 Å². The molecule has 0 aliphatic rings. The van der Waals surface area contributed by atoms with Crippen molar-refractivity contribution < 1.29 is 23.5 Å². The molecular weight excluding hydrogens is 559 g/mol. The Labute approximate surface area is 252 Å². The van der Waals surface area contributed by atoms with Gasteiger partial charge >= 0.3 is 5.97 Å². The van der Waals surface area contributed by atoms with E-state index in [2.05, 4.69) is 56.6 Å². The molecule has 1 unspecified atom stereocenters. The Morgan fingerprint density at radius 3 is 2.29 bits per heavy atom. The highest BCUT2D eigenvalue weighted by molar-refractivity contribution is 7.09. The van der Waals surface area contributed by atoms with Crippen LogP contribution in [0.5, 0.6) is 0 Å². The second-order valence-electron chi connectivity index (χ2n) is 11.0. The Morgan fingerprint density at radius 1 is 1.12 bits per heavy atom. The predicted molar refractivity (Wildman–Crippen MR) is 167 cm³/mol. The van der Waals surface area contributed by atoms with Gasteiger partial charge in [-0.15, -0.1) is 11.3 Å². The first-order valence-corrected chi connectivity index (χ1v) is 18.6. The maximum Gasteiger partial charge on any atom is 0.357 e. The van der Waals surface area contributed by atoms with E-state index in [1.165, 1.54) is 18.4 Å². The zero-order valence-electron chi connectivity index (χ0n) is 26.7. The van der Waals surface area contributed by atoms with Gasteiger partial charge in [-0.05, 0) is 48.3 Å². The van der Waals surface area contributed by atoms with Crippen LogP contribution in [-0.4, -0.2) is 62.6 Å². The standard InChI is InChI=1S/C29H53N5O5SSi/c1-10-15-16-17-38-20-34(28(35)26(32-33-30)22(8)11-2)24(21(6)7)18-25(39-41(12-3,13-4)14-5)27-31-23(19-40-27)29(36)37-9/h19,21-22,24-26H,10-18,20H2,1-9H3/t22?,24-,25-,26+/m1/s1. The zero-order valence-corrected chi connectivity index (χ0v) is 28.5. The van der Waals surface area contributed by atoms with E-state index < -0.39 is 26.4 Å². The number of rotatable bonds is 21. The lowest BCUT2D eigenvalue weighted by Crippen LogP contribution is -2.51. The quantitative estimate of drug-likeness (QED) is 0.0263. The number of hydrogen-bond acceptors (Lipinski definition) is 8. The number of azide groups is 1. The first kappa shape index (κ1) is 37.0. The van der Waals surface area contributed by atoms with E-state index in [0.717, 1.165) is 37.4 Å². The van der Waals surface area contributed by atoms with Crippen LogP contribution < -0.4 is 0 Å². The molecule has 0 aromatic carbocycles. The lowest BCUT2D eigenvalue weighted by molar-refractivity contribution is -0.145. The molecule has 0 N–H and O–H groups in total. The van der Waals surface area contributed by atoms with Crippen molar-refractivity contribution in [3.8, 4) is 0 Å². The van der Waals surface area contributed by atoms with Gasteiger partial charge in [-0.2, -0.15) is 0 Å². The van der Waals surface area contributed by atoms with Crippen molar-refractivity contribution in [2.24, 2.45) is 17.0 Å². The summed E-state index contributed by atoms with van der Waals surface area (Å²) in [5.74, 6) is -0.791. The van der Waals surface area contributed by atoms with Gasteiger partial charge in [-0.3, -0.25) is 4.79 Å². The first-order valence-electron chi connectivity index (χ1n) is 15.2. The molecule has 41 heavy (non-hydrogen) atoms. The molecule has 0 saturated heterocycles. The zero-order chi connectivity index (χ0) is 31.0. The largest absolute Gasteiger partial charge is 0.464 e. The van der Waals surface area contributed by atoms with Gasteiger partial charge in [0.15, 0.2) is 14.0 Å². The fraction of sp³-hybridized carbons (Fsp3) is 0.828. The second-order valence-corrected chi connectivity index (χ2v) is 16.7. The number of hydrogen-bond donors (Lipinski definition) is 0. The Hall–Kier alpha value is -1.98. The number of carbonyl (C=O) groups excluding carboxylic acids is 2. The number of nitrogens with zero attached hydrogens (tertiary/aromatic N) is 5. The van der Waals surface area contributed by atoms with E-state index in [1.807, 2.05) is 13.8 Å². The number of esters is 1. The minimum Gasteiger partial charge on any atom is -0.464 e. The van der Waals surface area contributed by atoms with Crippen LogP contribution in [-0.2, 0) is 18.7 Å². The van der Waals surface area contributed by atoms with Gasteiger partial charge in [0.1, 0.15) is 17.8 Å². The highest BCUT2D eigenvalue weighted by Crippen LogP contribution is 2.36. The summed E-state index contributed by atoms with van der Waals surface area (Å²) in [7, 11) is -0.760. The molecule has 10 nitrogen and oxygen atoms in total. The number of thiazole rings is 1. The maximum absolute atomic E-state index is 14.1. The Morgan fingerprint density at radius 2 is 1.78 bits per heavy atom. The number of unbranched alkanes of at least 4 members (excludes halogenated alkanes) is 2. The van der Waals surface area contributed by atoms with E-state index >= 15 is 0 Å². The van der Waals surface area contributed by atoms with Crippen LogP contribution in [0.15, 0.2) is 10.5 Å². The molecule has 1 amide bonds. The SMILES string of the molecule is CCCCCOCN(C(=O)[C@@H](N=[N+]=[N-])C(C)CC)[C@H](C[C@@H](O[Si](CC)(CC)CC)c1nc(C(=O)OC)cs1)C(C)C. The van der Waals surface area contributed by atoms with Crippen LogP contribution >= 0.6 is 11.3 Å². The van der Waals surface area contributed by atoms with Crippen LogP contribution in [0.1, 0.15) is 109 Å². The molecule has 1 aromatic rings. The van der Waals surface area contributed by atoms with Crippen molar-refractivity contribution >= 4 is 31.5 Å². The monoisotopic (exact) mass is 611 g/mol. The van der Waals surface area contributed by atoms with E-state index in [1.54, 1.807) is 10.3 Å². The molecule has 4 atom stereocenters. The minimum absolute atomic E-state index is 0.0499. The molecule has 0 bridgehead atoms. The van der Waals surface area contributed by atoms with Crippen molar-refractivity contribution in [3.05, 3.63) is 26.5 Å². The van der Waals surface area contributed by atoms with Gasteiger partial charge in [0.05, 0.1) is 13.2 Å². The fourth-order valence-electron chi connectivity index (χ4n) is 4.91. The molecule has 1 aromatic heterocycles. The van der Waals surface area contributed by atoms with Gasteiger partial charge in [0, 0.05) is 22.9 Å². The highest BCUT2D eigenvalue weighted by atomic mass is 32.1. The molecule has 0 radical (unpaired) electrons. The van der Waals surface area contributed by atoms with Gasteiger partial charge in [0.2, 0.25) is 5.91 Å². The van der Waals surface area contributed by atoms with Crippen LogP contribution in [0.3, 0.4) is 0 Å². The smallest absolute Gasteiger partial charge is 0.357 e. The average Bonchev–Trinajstić information content (AvgIpc) is 3.48. The normalized spacial score (nSPS) is 14.7. The third kappa shape index (κ3) is 11.0. The van der Waals surface area contributed by atoms with Crippen molar-refractivity contribution in [2.45, 2.75) is 124 Å². The summed E-state index contributed by atoms with van der Waals surface area (Å²) in [5.41, 5.74) is 9.56. The van der Waals surface area contributed by atoms with Gasteiger partial charge in [-0.25, -0.2) is 9.78 Å². The van der Waals surface area contributed by atoms with E-state index in [4.69, 9.17) is 13.9 Å². The highest BCUT2D eigenvalue weighted by Gasteiger charge is 2.39. The lowest BCUT2D eigenvalue weighted by atomic mass is 9.93. The molecule has 0 saturated carbocycles. The van der Waals surface area contributed by atoms with E-state index in [9.17, 15) is 15.1 Å². The molecule has 1 heterocycles. The van der Waals surface area contributed by atoms with Crippen LogP contribution in [0.4, 0.5) is 0 Å². The number of aromatic nitrogens is 1. The maximum atomic E-state index is 14.1. The van der Waals surface area contributed by atoms with Crippen molar-refractivity contribution in [1.29, 1.82) is 0 Å². The summed E-state index contributed by atoms with van der Waals surface area (Å²) in [6, 6.07) is 1.75. The Kier molecular flexibility index (Phi) is 17.4. The van der Waals surface area contributed by atoms with Crippen molar-refractivity contribution in [1.82, 2.24) is 9.88 Å².